The lowest BCUT2D eigenvalue weighted by molar-refractivity contribution is -0.198. The summed E-state index contributed by atoms with van der Waals surface area (Å²) in [5.74, 6) is 0. The predicted octanol–water partition coefficient (Wildman–Crippen LogP) is 1.30. The topological polar surface area (TPSA) is 69.9 Å². The number of aryl methyl sites for hydroxylation is 1. The highest BCUT2D eigenvalue weighted by Crippen LogP contribution is 2.34. The lowest BCUT2D eigenvalue weighted by Gasteiger charge is -2.40. The van der Waals surface area contributed by atoms with Crippen molar-refractivity contribution in [3.05, 3.63) is 29.8 Å². The smallest absolute Gasteiger partial charge is 0.136 e. The van der Waals surface area contributed by atoms with Crippen molar-refractivity contribution in [2.45, 2.75) is 55.0 Å². The van der Waals surface area contributed by atoms with E-state index in [0.717, 1.165) is 10.5 Å². The van der Waals surface area contributed by atoms with E-state index in [1.165, 1.54) is 11.8 Å². The number of hydrogen-bond donors (Lipinski definition) is 3. The Morgan fingerprint density at radius 2 is 1.68 bits per heavy atom. The molecule has 5 atom stereocenters. The van der Waals surface area contributed by atoms with E-state index in [2.05, 4.69) is 0 Å². The minimum Gasteiger partial charge on any atom is -0.388 e. The van der Waals surface area contributed by atoms with Gasteiger partial charge >= 0.3 is 0 Å². The van der Waals surface area contributed by atoms with Gasteiger partial charge in [0.05, 0.1) is 6.10 Å². The van der Waals surface area contributed by atoms with Gasteiger partial charge in [-0.25, -0.2) is 0 Å². The number of thioether (sulfide) groups is 1. The van der Waals surface area contributed by atoms with Crippen molar-refractivity contribution in [3.63, 3.8) is 0 Å². The second-order valence-electron chi connectivity index (χ2n) is 4.85. The molecule has 1 saturated heterocycles. The first-order valence-electron chi connectivity index (χ1n) is 6.46. The molecule has 0 unspecified atom stereocenters. The third-order valence-electron chi connectivity index (χ3n) is 3.34. The molecular weight excluding hydrogens is 264 g/mol. The molecule has 1 aliphatic heterocycles. The summed E-state index contributed by atoms with van der Waals surface area (Å²) >= 11 is 1.36. The van der Waals surface area contributed by atoms with Gasteiger partial charge in [0, 0.05) is 4.90 Å². The Hall–Kier alpha value is -0.590. The van der Waals surface area contributed by atoms with Crippen LogP contribution in [0.3, 0.4) is 0 Å². The van der Waals surface area contributed by atoms with Crippen molar-refractivity contribution in [1.82, 2.24) is 0 Å². The van der Waals surface area contributed by atoms with Crippen molar-refractivity contribution in [2.75, 3.05) is 0 Å². The number of hydrogen-bond acceptors (Lipinski definition) is 5. The zero-order valence-electron chi connectivity index (χ0n) is 11.1. The molecule has 0 aliphatic carbocycles. The van der Waals surface area contributed by atoms with Crippen molar-refractivity contribution in [2.24, 2.45) is 0 Å². The van der Waals surface area contributed by atoms with Gasteiger partial charge in [-0.15, -0.1) is 0 Å². The van der Waals surface area contributed by atoms with Gasteiger partial charge in [-0.3, -0.25) is 0 Å². The number of aliphatic hydroxyl groups is 3. The fourth-order valence-electron chi connectivity index (χ4n) is 2.10. The summed E-state index contributed by atoms with van der Waals surface area (Å²) in [5, 5.41) is 29.6. The van der Waals surface area contributed by atoms with Crippen LogP contribution < -0.4 is 0 Å². The Morgan fingerprint density at radius 3 is 2.26 bits per heavy atom. The molecule has 5 heteroatoms. The molecule has 1 aromatic rings. The minimum absolute atomic E-state index is 0.443. The van der Waals surface area contributed by atoms with E-state index in [0.29, 0.717) is 6.42 Å². The maximum absolute atomic E-state index is 9.98. The van der Waals surface area contributed by atoms with Crippen molar-refractivity contribution in [3.8, 4) is 0 Å². The van der Waals surface area contributed by atoms with Crippen LogP contribution in [0.25, 0.3) is 0 Å². The first-order chi connectivity index (χ1) is 9.02. The van der Waals surface area contributed by atoms with E-state index in [9.17, 15) is 15.3 Å². The normalized spacial score (nSPS) is 35.3. The van der Waals surface area contributed by atoms with Crippen LogP contribution in [-0.2, 0) is 4.74 Å². The summed E-state index contributed by atoms with van der Waals surface area (Å²) in [7, 11) is 0. The number of rotatable bonds is 3. The molecule has 0 amide bonds. The fraction of sp³-hybridized carbons (Fsp3) is 0.571. The van der Waals surface area contributed by atoms with Crippen LogP contribution in [-0.4, -0.2) is 45.2 Å². The van der Waals surface area contributed by atoms with Crippen molar-refractivity contribution < 1.29 is 20.1 Å². The Balaban J connectivity index is 2.08. The maximum Gasteiger partial charge on any atom is 0.136 e. The van der Waals surface area contributed by atoms with E-state index in [1.54, 1.807) is 0 Å². The van der Waals surface area contributed by atoms with Crippen LogP contribution in [0.5, 0.6) is 0 Å². The van der Waals surface area contributed by atoms with Crippen LogP contribution in [0.2, 0.25) is 0 Å². The molecule has 2 rings (SSSR count). The summed E-state index contributed by atoms with van der Waals surface area (Å²) in [6, 6.07) is 7.88. The first-order valence-corrected chi connectivity index (χ1v) is 7.34. The second kappa shape index (κ2) is 6.24. The highest BCUT2D eigenvalue weighted by atomic mass is 32.2. The second-order valence-corrected chi connectivity index (χ2v) is 6.03. The molecule has 4 nitrogen and oxygen atoms in total. The molecule has 1 fully saturated rings. The summed E-state index contributed by atoms with van der Waals surface area (Å²) < 4.78 is 5.67. The highest BCUT2D eigenvalue weighted by molar-refractivity contribution is 7.99. The molecule has 0 radical (unpaired) electrons. The molecule has 19 heavy (non-hydrogen) atoms. The van der Waals surface area contributed by atoms with E-state index >= 15 is 0 Å². The summed E-state index contributed by atoms with van der Waals surface area (Å²) in [5.41, 5.74) is 0.599. The van der Waals surface area contributed by atoms with Crippen molar-refractivity contribution in [1.29, 1.82) is 0 Å². The SMILES string of the molecule is CC[C@H]1O[C@@H](Sc2ccc(C)cc2)[C@H](O)[C@@H](O)[C@@H]1O. The lowest BCUT2D eigenvalue weighted by Crippen LogP contribution is -2.56. The highest BCUT2D eigenvalue weighted by Gasteiger charge is 2.43. The van der Waals surface area contributed by atoms with Gasteiger partial charge in [-0.1, -0.05) is 36.4 Å². The lowest BCUT2D eigenvalue weighted by atomic mass is 9.98. The zero-order valence-corrected chi connectivity index (χ0v) is 11.9. The quantitative estimate of drug-likeness (QED) is 0.780. The van der Waals surface area contributed by atoms with Gasteiger partial charge in [0.15, 0.2) is 0 Å². The molecule has 1 heterocycles. The number of benzene rings is 1. The van der Waals surface area contributed by atoms with Gasteiger partial charge in [-0.05, 0) is 25.5 Å². The average molecular weight is 284 g/mol. The van der Waals surface area contributed by atoms with Gasteiger partial charge in [0.2, 0.25) is 0 Å². The minimum atomic E-state index is -1.17. The predicted molar refractivity (Wildman–Crippen MR) is 74.0 cm³/mol. The first kappa shape index (κ1) is 14.8. The maximum atomic E-state index is 9.98. The third kappa shape index (κ3) is 3.30. The summed E-state index contributed by atoms with van der Waals surface area (Å²) in [6.07, 6.45) is -3.14. The van der Waals surface area contributed by atoms with Crippen LogP contribution in [0.4, 0.5) is 0 Å². The summed E-state index contributed by atoms with van der Waals surface area (Å²) in [4.78, 5) is 0.966. The molecule has 3 N–H and O–H groups in total. The zero-order chi connectivity index (χ0) is 14.0. The van der Waals surface area contributed by atoms with E-state index in [-0.39, 0.29) is 0 Å². The van der Waals surface area contributed by atoms with Gasteiger partial charge < -0.3 is 20.1 Å². The van der Waals surface area contributed by atoms with Gasteiger partial charge in [-0.2, -0.15) is 0 Å². The molecule has 1 aromatic carbocycles. The molecule has 0 spiro atoms. The largest absolute Gasteiger partial charge is 0.388 e. The Morgan fingerprint density at radius 1 is 1.05 bits per heavy atom. The third-order valence-corrected chi connectivity index (χ3v) is 4.51. The van der Waals surface area contributed by atoms with Crippen LogP contribution >= 0.6 is 11.8 Å². The van der Waals surface area contributed by atoms with Crippen LogP contribution in [0.15, 0.2) is 29.2 Å². The van der Waals surface area contributed by atoms with Crippen LogP contribution in [0, 0.1) is 6.92 Å². The number of aliphatic hydroxyl groups excluding tert-OH is 3. The Bertz CT molecular complexity index is 406. The molecule has 0 bridgehead atoms. The Kier molecular flexibility index (Phi) is 4.86. The Labute approximate surface area is 117 Å². The average Bonchev–Trinajstić information content (AvgIpc) is 2.42. The van der Waals surface area contributed by atoms with E-state index in [4.69, 9.17) is 4.74 Å². The standard InChI is InChI=1S/C14H20O4S/c1-3-10-11(15)12(16)13(17)14(18-10)19-9-6-4-8(2)5-7-9/h4-7,10-17H,3H2,1-2H3/t10-,11-,12+,13-,14+/m1/s1. The monoisotopic (exact) mass is 284 g/mol. The number of ether oxygens (including phenoxy) is 1. The van der Waals surface area contributed by atoms with Gasteiger partial charge in [0.25, 0.3) is 0 Å². The molecule has 1 aliphatic rings. The van der Waals surface area contributed by atoms with E-state index < -0.39 is 29.9 Å². The fourth-order valence-corrected chi connectivity index (χ4v) is 3.16. The van der Waals surface area contributed by atoms with Gasteiger partial charge in [0.1, 0.15) is 23.7 Å². The molecular formula is C14H20O4S. The van der Waals surface area contributed by atoms with Crippen molar-refractivity contribution >= 4 is 11.8 Å². The molecule has 106 valence electrons. The molecule has 0 saturated carbocycles. The molecule has 0 aromatic heterocycles. The van der Waals surface area contributed by atoms with E-state index in [1.807, 2.05) is 38.1 Å². The van der Waals surface area contributed by atoms with Crippen LogP contribution in [0.1, 0.15) is 18.9 Å². The summed E-state index contributed by atoms with van der Waals surface area (Å²) in [6.45, 7) is 3.89.